The predicted octanol–water partition coefficient (Wildman–Crippen LogP) is 0.0704. The molecule has 0 aromatic heterocycles. The lowest BCUT2D eigenvalue weighted by Gasteiger charge is -2.24. The molecule has 0 saturated carbocycles. The van der Waals surface area contributed by atoms with Crippen molar-refractivity contribution in [3.8, 4) is 0 Å². The molecule has 5 heteroatoms. The maximum absolute atomic E-state index is 12.1. The van der Waals surface area contributed by atoms with E-state index < -0.39 is 5.54 Å². The summed E-state index contributed by atoms with van der Waals surface area (Å²) < 4.78 is 0. The van der Waals surface area contributed by atoms with E-state index in [1.165, 1.54) is 4.90 Å². The lowest BCUT2D eigenvalue weighted by atomic mass is 9.90. The molecule has 2 aliphatic heterocycles. The van der Waals surface area contributed by atoms with Gasteiger partial charge in [-0.1, -0.05) is 0 Å². The third-order valence-electron chi connectivity index (χ3n) is 3.25. The van der Waals surface area contributed by atoms with Crippen molar-refractivity contribution in [3.63, 3.8) is 0 Å². The van der Waals surface area contributed by atoms with Gasteiger partial charge in [0.05, 0.1) is 0 Å². The van der Waals surface area contributed by atoms with E-state index in [0.717, 1.165) is 25.9 Å². The number of imide groups is 1. The number of urea groups is 1. The molecule has 2 heterocycles. The van der Waals surface area contributed by atoms with Gasteiger partial charge in [-0.25, -0.2) is 4.79 Å². The van der Waals surface area contributed by atoms with Gasteiger partial charge in [-0.2, -0.15) is 0 Å². The van der Waals surface area contributed by atoms with Crippen molar-refractivity contribution in [1.82, 2.24) is 15.5 Å². The summed E-state index contributed by atoms with van der Waals surface area (Å²) in [5.41, 5.74) is -0.614. The Morgan fingerprint density at radius 2 is 2.13 bits per heavy atom. The Morgan fingerprint density at radius 1 is 1.33 bits per heavy atom. The summed E-state index contributed by atoms with van der Waals surface area (Å²) in [5, 5.41) is 6.10. The highest BCUT2D eigenvalue weighted by atomic mass is 16.2. The van der Waals surface area contributed by atoms with Crippen molar-refractivity contribution < 1.29 is 9.59 Å². The number of hydrogen-bond acceptors (Lipinski definition) is 3. The maximum atomic E-state index is 12.1. The molecule has 2 aliphatic rings. The van der Waals surface area contributed by atoms with Gasteiger partial charge in [0.1, 0.15) is 5.54 Å². The highest BCUT2D eigenvalue weighted by molar-refractivity contribution is 6.07. The minimum Gasteiger partial charge on any atom is -0.323 e. The molecule has 0 bridgehead atoms. The first-order valence-electron chi connectivity index (χ1n) is 5.54. The largest absolute Gasteiger partial charge is 0.325 e. The van der Waals surface area contributed by atoms with E-state index in [1.807, 2.05) is 6.92 Å². The SMILES string of the molecule is CCN1C(=O)NC2(CCCNCC2)C1=O. The Bertz CT molecular complexity index is 282. The molecular weight excluding hydrogens is 194 g/mol. The lowest BCUT2D eigenvalue weighted by molar-refractivity contribution is -0.131. The third kappa shape index (κ3) is 1.61. The fraction of sp³-hybridized carbons (Fsp3) is 0.800. The van der Waals surface area contributed by atoms with Crippen LogP contribution in [0.2, 0.25) is 0 Å². The van der Waals surface area contributed by atoms with Crippen LogP contribution in [0.25, 0.3) is 0 Å². The zero-order valence-electron chi connectivity index (χ0n) is 9.01. The lowest BCUT2D eigenvalue weighted by Crippen LogP contribution is -2.47. The number of amides is 3. The Morgan fingerprint density at radius 3 is 2.80 bits per heavy atom. The molecule has 2 saturated heterocycles. The second kappa shape index (κ2) is 3.81. The highest BCUT2D eigenvalue weighted by Crippen LogP contribution is 2.27. The topological polar surface area (TPSA) is 61.4 Å². The van der Waals surface area contributed by atoms with Crippen molar-refractivity contribution in [2.24, 2.45) is 0 Å². The normalized spacial score (nSPS) is 31.9. The van der Waals surface area contributed by atoms with Gasteiger partial charge in [-0.15, -0.1) is 0 Å². The van der Waals surface area contributed by atoms with Crippen LogP contribution in [0.5, 0.6) is 0 Å². The van der Waals surface area contributed by atoms with Crippen LogP contribution in [-0.4, -0.2) is 42.0 Å². The van der Waals surface area contributed by atoms with Gasteiger partial charge < -0.3 is 10.6 Å². The number of carbonyl (C=O) groups excluding carboxylic acids is 2. The first-order chi connectivity index (χ1) is 7.19. The number of carbonyl (C=O) groups is 2. The van der Waals surface area contributed by atoms with E-state index in [0.29, 0.717) is 13.0 Å². The van der Waals surface area contributed by atoms with Crippen molar-refractivity contribution in [1.29, 1.82) is 0 Å². The van der Waals surface area contributed by atoms with E-state index in [2.05, 4.69) is 10.6 Å². The molecule has 0 aromatic rings. The van der Waals surface area contributed by atoms with Gasteiger partial charge in [0.2, 0.25) is 0 Å². The first kappa shape index (κ1) is 10.4. The van der Waals surface area contributed by atoms with Gasteiger partial charge in [0.25, 0.3) is 5.91 Å². The van der Waals surface area contributed by atoms with Crippen molar-refractivity contribution in [2.75, 3.05) is 19.6 Å². The van der Waals surface area contributed by atoms with Crippen LogP contribution in [0.15, 0.2) is 0 Å². The summed E-state index contributed by atoms with van der Waals surface area (Å²) in [6.07, 6.45) is 2.39. The summed E-state index contributed by atoms with van der Waals surface area (Å²) in [7, 11) is 0. The van der Waals surface area contributed by atoms with Crippen LogP contribution in [0.3, 0.4) is 0 Å². The summed E-state index contributed by atoms with van der Waals surface area (Å²) in [4.78, 5) is 25.0. The molecule has 1 unspecified atom stereocenters. The number of hydrogen-bond donors (Lipinski definition) is 2. The van der Waals surface area contributed by atoms with Crippen LogP contribution in [0, 0.1) is 0 Å². The number of rotatable bonds is 1. The van der Waals surface area contributed by atoms with Crippen LogP contribution in [0.4, 0.5) is 4.79 Å². The van der Waals surface area contributed by atoms with Crippen LogP contribution in [-0.2, 0) is 4.79 Å². The van der Waals surface area contributed by atoms with E-state index in [4.69, 9.17) is 0 Å². The van der Waals surface area contributed by atoms with Crippen LogP contribution in [0.1, 0.15) is 26.2 Å². The predicted molar refractivity (Wildman–Crippen MR) is 55.4 cm³/mol. The molecule has 0 aromatic carbocycles. The Hall–Kier alpha value is -1.10. The second-order valence-corrected chi connectivity index (χ2v) is 4.17. The fourth-order valence-corrected chi connectivity index (χ4v) is 2.37. The van der Waals surface area contributed by atoms with Crippen LogP contribution >= 0.6 is 0 Å². The van der Waals surface area contributed by atoms with Gasteiger partial charge in [0.15, 0.2) is 0 Å². The quantitative estimate of drug-likeness (QED) is 0.603. The van der Waals surface area contributed by atoms with E-state index in [-0.39, 0.29) is 11.9 Å². The molecule has 15 heavy (non-hydrogen) atoms. The van der Waals surface area contributed by atoms with E-state index >= 15 is 0 Å². The van der Waals surface area contributed by atoms with Gasteiger partial charge in [-0.05, 0) is 39.3 Å². The van der Waals surface area contributed by atoms with Gasteiger partial charge >= 0.3 is 6.03 Å². The Kier molecular flexibility index (Phi) is 2.65. The van der Waals surface area contributed by atoms with Crippen molar-refractivity contribution >= 4 is 11.9 Å². The molecule has 5 nitrogen and oxygen atoms in total. The number of likely N-dealkylation sites (N-methyl/N-ethyl adjacent to an activating group) is 1. The summed E-state index contributed by atoms with van der Waals surface area (Å²) in [5.74, 6) is -0.0429. The minimum atomic E-state index is -0.614. The summed E-state index contributed by atoms with van der Waals surface area (Å²) >= 11 is 0. The monoisotopic (exact) mass is 211 g/mol. The molecule has 2 fully saturated rings. The fourth-order valence-electron chi connectivity index (χ4n) is 2.37. The van der Waals surface area contributed by atoms with Crippen molar-refractivity contribution in [2.45, 2.75) is 31.7 Å². The van der Waals surface area contributed by atoms with E-state index in [9.17, 15) is 9.59 Å². The first-order valence-corrected chi connectivity index (χ1v) is 5.54. The molecule has 2 rings (SSSR count). The van der Waals surface area contributed by atoms with Crippen molar-refractivity contribution in [3.05, 3.63) is 0 Å². The summed E-state index contributed by atoms with van der Waals surface area (Å²) in [6.45, 7) is 4.01. The Labute approximate surface area is 89.2 Å². The average molecular weight is 211 g/mol. The molecule has 1 spiro atoms. The van der Waals surface area contributed by atoms with Gasteiger partial charge in [-0.3, -0.25) is 9.69 Å². The van der Waals surface area contributed by atoms with Gasteiger partial charge in [0, 0.05) is 6.54 Å². The minimum absolute atomic E-state index is 0.0429. The molecule has 0 aliphatic carbocycles. The molecule has 2 N–H and O–H groups in total. The molecular formula is C10H17N3O2. The number of nitrogens with one attached hydrogen (secondary N) is 2. The highest BCUT2D eigenvalue weighted by Gasteiger charge is 2.49. The third-order valence-corrected chi connectivity index (χ3v) is 3.25. The number of nitrogens with zero attached hydrogens (tertiary/aromatic N) is 1. The molecule has 84 valence electrons. The Balaban J connectivity index is 2.21. The van der Waals surface area contributed by atoms with E-state index in [1.54, 1.807) is 0 Å². The zero-order valence-corrected chi connectivity index (χ0v) is 9.01. The zero-order chi connectivity index (χ0) is 10.9. The standard InChI is InChI=1S/C10H17N3O2/c1-2-13-8(14)10(12-9(13)15)4-3-6-11-7-5-10/h11H,2-7H2,1H3,(H,12,15). The molecule has 3 amide bonds. The summed E-state index contributed by atoms with van der Waals surface area (Å²) in [6, 6.07) is -0.232. The average Bonchev–Trinajstić information content (AvgIpc) is 2.42. The smallest absolute Gasteiger partial charge is 0.323 e. The molecule has 1 atom stereocenters. The maximum Gasteiger partial charge on any atom is 0.325 e. The molecule has 0 radical (unpaired) electrons. The second-order valence-electron chi connectivity index (χ2n) is 4.17. The van der Waals surface area contributed by atoms with Crippen LogP contribution < -0.4 is 10.6 Å².